The summed E-state index contributed by atoms with van der Waals surface area (Å²) in [5, 5.41) is 6.02. The number of hydrogen-bond acceptors (Lipinski definition) is 5. The van der Waals surface area contributed by atoms with Gasteiger partial charge in [0, 0.05) is 5.56 Å². The second kappa shape index (κ2) is 5.12. The van der Waals surface area contributed by atoms with Crippen molar-refractivity contribution in [2.45, 2.75) is 5.16 Å². The van der Waals surface area contributed by atoms with Gasteiger partial charge in [-0.05, 0) is 24.3 Å². The van der Waals surface area contributed by atoms with Crippen LogP contribution in [-0.2, 0) is 9.84 Å². The van der Waals surface area contributed by atoms with E-state index < -0.39 is 15.6 Å². The monoisotopic (exact) mass is 277 g/mol. The zero-order valence-corrected chi connectivity index (χ0v) is 10.9. The van der Waals surface area contributed by atoms with Gasteiger partial charge in [0.25, 0.3) is 0 Å². The molecular formula is C12H11N3O3S. The quantitative estimate of drug-likeness (QED) is 0.839. The number of benzene rings is 1. The second-order valence-electron chi connectivity index (χ2n) is 3.66. The summed E-state index contributed by atoms with van der Waals surface area (Å²) in [4.78, 5) is 3.94. The van der Waals surface area contributed by atoms with Crippen molar-refractivity contribution in [3.63, 3.8) is 0 Å². The van der Waals surface area contributed by atoms with Gasteiger partial charge < -0.3 is 4.74 Å². The van der Waals surface area contributed by atoms with Crippen molar-refractivity contribution in [1.29, 1.82) is 0 Å². The van der Waals surface area contributed by atoms with Crippen LogP contribution < -0.4 is 4.74 Å². The first kappa shape index (κ1) is 13.1. The van der Waals surface area contributed by atoms with Gasteiger partial charge in [0.1, 0.15) is 11.5 Å². The average Bonchev–Trinajstić information content (AvgIpc) is 2.89. The normalized spacial score (nSPS) is 10.9. The summed E-state index contributed by atoms with van der Waals surface area (Å²) in [6.45, 7) is 0. The molecular weight excluding hydrogens is 266 g/mol. The first-order valence-corrected chi connectivity index (χ1v) is 6.95. The molecule has 1 aromatic carbocycles. The molecule has 0 radical (unpaired) electrons. The van der Waals surface area contributed by atoms with E-state index in [-0.39, 0.29) is 5.16 Å². The van der Waals surface area contributed by atoms with E-state index in [9.17, 15) is 8.42 Å². The zero-order chi connectivity index (χ0) is 13.9. The third kappa shape index (κ3) is 2.74. The average molecular weight is 277 g/mol. The summed E-state index contributed by atoms with van der Waals surface area (Å²) in [5.41, 5.74) is 0.680. The Kier molecular flexibility index (Phi) is 3.53. The van der Waals surface area contributed by atoms with Crippen molar-refractivity contribution < 1.29 is 13.2 Å². The summed E-state index contributed by atoms with van der Waals surface area (Å²) in [6, 6.07) is 6.95. The number of rotatable bonds is 4. The summed E-state index contributed by atoms with van der Waals surface area (Å²) in [5.74, 6) is 2.65. The van der Waals surface area contributed by atoms with Gasteiger partial charge in [-0.2, -0.15) is 10.1 Å². The molecule has 0 bridgehead atoms. The highest BCUT2D eigenvalue weighted by Crippen LogP contribution is 2.19. The minimum atomic E-state index is -3.60. The molecule has 1 N–H and O–H groups in total. The van der Waals surface area contributed by atoms with Gasteiger partial charge in [0.05, 0.1) is 7.11 Å². The first-order chi connectivity index (χ1) is 9.06. The number of nitrogens with zero attached hydrogens (tertiary/aromatic N) is 2. The molecule has 0 atom stereocenters. The van der Waals surface area contributed by atoms with E-state index in [1.807, 2.05) is 0 Å². The van der Waals surface area contributed by atoms with Crippen molar-refractivity contribution in [2.75, 3.05) is 12.9 Å². The van der Waals surface area contributed by atoms with E-state index in [1.54, 1.807) is 31.4 Å². The van der Waals surface area contributed by atoms with E-state index >= 15 is 0 Å². The molecule has 2 aromatic rings. The fourth-order valence-corrected chi connectivity index (χ4v) is 2.20. The van der Waals surface area contributed by atoms with Gasteiger partial charge in [-0.1, -0.05) is 5.92 Å². The van der Waals surface area contributed by atoms with Gasteiger partial charge in [-0.25, -0.2) is 13.5 Å². The lowest BCUT2D eigenvalue weighted by Crippen LogP contribution is -2.06. The van der Waals surface area contributed by atoms with E-state index in [2.05, 4.69) is 21.1 Å². The molecule has 0 fully saturated rings. The number of hydrogen-bond donors (Lipinski definition) is 1. The molecule has 1 heterocycles. The number of nitrogens with one attached hydrogen (secondary N) is 1. The van der Waals surface area contributed by atoms with Crippen molar-refractivity contribution in [3.8, 4) is 29.5 Å². The SMILES string of the molecule is C#CCS(=O)(=O)c1nc(-c2ccc(OC)cc2)n[nH]1. The highest BCUT2D eigenvalue weighted by atomic mass is 32.2. The first-order valence-electron chi connectivity index (χ1n) is 5.30. The Morgan fingerprint density at radius 1 is 1.37 bits per heavy atom. The Labute approximate surface area is 110 Å². The third-order valence-corrected chi connectivity index (χ3v) is 3.70. The largest absolute Gasteiger partial charge is 0.497 e. The smallest absolute Gasteiger partial charge is 0.244 e. The second-order valence-corrected chi connectivity index (χ2v) is 5.56. The maximum atomic E-state index is 11.7. The third-order valence-electron chi connectivity index (χ3n) is 2.38. The van der Waals surface area contributed by atoms with Crippen LogP contribution in [0.5, 0.6) is 5.75 Å². The fraction of sp³-hybridized carbons (Fsp3) is 0.167. The molecule has 0 aliphatic heterocycles. The van der Waals surface area contributed by atoms with Crippen LogP contribution in [0.2, 0.25) is 0 Å². The summed E-state index contributed by atoms with van der Waals surface area (Å²) < 4.78 is 28.4. The van der Waals surface area contributed by atoms with Crippen LogP contribution in [-0.4, -0.2) is 36.5 Å². The van der Waals surface area contributed by atoms with Crippen molar-refractivity contribution >= 4 is 9.84 Å². The van der Waals surface area contributed by atoms with Gasteiger partial charge in [0.2, 0.25) is 15.0 Å². The minimum Gasteiger partial charge on any atom is -0.497 e. The molecule has 0 aliphatic carbocycles. The number of H-pyrrole nitrogens is 1. The molecule has 98 valence electrons. The van der Waals surface area contributed by atoms with E-state index in [0.717, 1.165) is 0 Å². The molecule has 6 nitrogen and oxygen atoms in total. The van der Waals surface area contributed by atoms with Crippen LogP contribution in [0, 0.1) is 12.3 Å². The molecule has 0 saturated carbocycles. The number of sulfone groups is 1. The van der Waals surface area contributed by atoms with Gasteiger partial charge in [-0.3, -0.25) is 0 Å². The van der Waals surface area contributed by atoms with Crippen molar-refractivity contribution in [3.05, 3.63) is 24.3 Å². The van der Waals surface area contributed by atoms with Gasteiger partial charge in [0.15, 0.2) is 5.82 Å². The summed E-state index contributed by atoms with van der Waals surface area (Å²) >= 11 is 0. The molecule has 0 unspecified atom stereocenters. The summed E-state index contributed by atoms with van der Waals surface area (Å²) in [7, 11) is -2.04. The molecule has 1 aromatic heterocycles. The Hall–Kier alpha value is -2.33. The predicted octanol–water partition coefficient (Wildman–Crippen LogP) is 0.887. The Balaban J connectivity index is 2.33. The van der Waals surface area contributed by atoms with Crippen LogP contribution in [0.25, 0.3) is 11.4 Å². The lowest BCUT2D eigenvalue weighted by molar-refractivity contribution is 0.415. The summed E-state index contributed by atoms with van der Waals surface area (Å²) in [6.07, 6.45) is 5.00. The Morgan fingerprint density at radius 2 is 2.05 bits per heavy atom. The molecule has 0 saturated heterocycles. The maximum Gasteiger partial charge on any atom is 0.244 e. The molecule has 0 aliphatic rings. The van der Waals surface area contributed by atoms with Crippen LogP contribution in [0.1, 0.15) is 0 Å². The van der Waals surface area contributed by atoms with E-state index in [0.29, 0.717) is 17.1 Å². The molecule has 19 heavy (non-hydrogen) atoms. The van der Waals surface area contributed by atoms with Crippen LogP contribution >= 0.6 is 0 Å². The molecule has 7 heteroatoms. The number of ether oxygens (including phenoxy) is 1. The number of aromatic amines is 1. The fourth-order valence-electron chi connectivity index (χ4n) is 1.43. The highest BCUT2D eigenvalue weighted by molar-refractivity contribution is 7.91. The minimum absolute atomic E-state index is 0.226. The lowest BCUT2D eigenvalue weighted by Gasteiger charge is -1.99. The van der Waals surface area contributed by atoms with E-state index in [4.69, 9.17) is 11.2 Å². The van der Waals surface area contributed by atoms with Crippen molar-refractivity contribution in [2.24, 2.45) is 0 Å². The number of terminal acetylenes is 1. The highest BCUT2D eigenvalue weighted by Gasteiger charge is 2.18. The molecule has 0 spiro atoms. The topological polar surface area (TPSA) is 84.9 Å². The van der Waals surface area contributed by atoms with Crippen molar-refractivity contribution in [1.82, 2.24) is 15.2 Å². The Bertz CT molecular complexity index is 711. The van der Waals surface area contributed by atoms with Crippen LogP contribution in [0.3, 0.4) is 0 Å². The number of methoxy groups -OCH3 is 1. The molecule has 2 rings (SSSR count). The van der Waals surface area contributed by atoms with Gasteiger partial charge >= 0.3 is 0 Å². The standard InChI is InChI=1S/C12H11N3O3S/c1-3-8-19(16,17)12-13-11(14-15-12)9-4-6-10(18-2)7-5-9/h1,4-7H,8H2,2H3,(H,13,14,15). The lowest BCUT2D eigenvalue weighted by atomic mass is 10.2. The maximum absolute atomic E-state index is 11.7. The van der Waals surface area contributed by atoms with Crippen LogP contribution in [0.4, 0.5) is 0 Å². The van der Waals surface area contributed by atoms with E-state index in [1.165, 1.54) is 0 Å². The Morgan fingerprint density at radius 3 is 2.63 bits per heavy atom. The molecule has 0 amide bonds. The van der Waals surface area contributed by atoms with Gasteiger partial charge in [-0.15, -0.1) is 6.42 Å². The van der Waals surface area contributed by atoms with Crippen LogP contribution in [0.15, 0.2) is 29.4 Å². The zero-order valence-electron chi connectivity index (χ0n) is 10.1. The predicted molar refractivity (Wildman–Crippen MR) is 69.3 cm³/mol. The number of aromatic nitrogens is 3.